The Labute approximate surface area is 132 Å². The summed E-state index contributed by atoms with van der Waals surface area (Å²) in [6, 6.07) is 8.37. The standard InChI is InChI=1S/C17H16N2O4/c20-15(10-5-6-18-8-10)13-4-2-1-3-12(13)11-7-14(17(22)23)16(21)19-9-11/h1-4,7,9-10,18H,5-6,8H2,(H,19,21)(H,22,23). The Balaban J connectivity index is 2.07. The van der Waals surface area contributed by atoms with E-state index in [0.29, 0.717) is 23.2 Å². The first-order chi connectivity index (χ1) is 11.1. The minimum absolute atomic E-state index is 0.0358. The molecule has 118 valence electrons. The molecular weight excluding hydrogens is 296 g/mol. The van der Waals surface area contributed by atoms with E-state index in [1.807, 2.05) is 0 Å². The zero-order chi connectivity index (χ0) is 16.4. The Morgan fingerprint density at radius 2 is 1.96 bits per heavy atom. The molecule has 1 aromatic carbocycles. The van der Waals surface area contributed by atoms with E-state index in [1.165, 1.54) is 12.3 Å². The number of nitrogens with one attached hydrogen (secondary N) is 2. The summed E-state index contributed by atoms with van der Waals surface area (Å²) in [5, 5.41) is 12.3. The molecule has 0 radical (unpaired) electrons. The summed E-state index contributed by atoms with van der Waals surface area (Å²) >= 11 is 0. The molecule has 23 heavy (non-hydrogen) atoms. The van der Waals surface area contributed by atoms with Crippen molar-refractivity contribution in [2.24, 2.45) is 5.92 Å². The molecule has 1 unspecified atom stereocenters. The number of H-pyrrole nitrogens is 1. The topological polar surface area (TPSA) is 99.3 Å². The molecule has 2 heterocycles. The van der Waals surface area contributed by atoms with Crippen molar-refractivity contribution in [1.29, 1.82) is 0 Å². The highest BCUT2D eigenvalue weighted by Crippen LogP contribution is 2.26. The zero-order valence-corrected chi connectivity index (χ0v) is 12.3. The Hall–Kier alpha value is -2.73. The number of carbonyl (C=O) groups is 2. The van der Waals surface area contributed by atoms with E-state index in [9.17, 15) is 14.4 Å². The van der Waals surface area contributed by atoms with E-state index in [4.69, 9.17) is 5.11 Å². The molecule has 0 amide bonds. The van der Waals surface area contributed by atoms with Crippen molar-refractivity contribution >= 4 is 11.8 Å². The van der Waals surface area contributed by atoms with E-state index in [-0.39, 0.29) is 17.3 Å². The number of hydrogen-bond donors (Lipinski definition) is 3. The van der Waals surface area contributed by atoms with Crippen LogP contribution in [0.3, 0.4) is 0 Å². The van der Waals surface area contributed by atoms with E-state index in [2.05, 4.69) is 10.3 Å². The third-order valence-electron chi connectivity index (χ3n) is 4.07. The zero-order valence-electron chi connectivity index (χ0n) is 12.3. The van der Waals surface area contributed by atoms with Gasteiger partial charge in [0, 0.05) is 24.2 Å². The maximum absolute atomic E-state index is 12.7. The van der Waals surface area contributed by atoms with E-state index in [1.54, 1.807) is 24.3 Å². The molecule has 1 aliphatic rings. The number of aromatic carboxylic acids is 1. The van der Waals surface area contributed by atoms with Crippen molar-refractivity contribution in [3.63, 3.8) is 0 Å². The summed E-state index contributed by atoms with van der Waals surface area (Å²) in [5.74, 6) is -1.33. The van der Waals surface area contributed by atoms with Crippen molar-refractivity contribution in [1.82, 2.24) is 10.3 Å². The summed E-state index contributed by atoms with van der Waals surface area (Å²) in [5.41, 5.74) is 0.682. The van der Waals surface area contributed by atoms with Crippen LogP contribution >= 0.6 is 0 Å². The second kappa shape index (κ2) is 6.18. The van der Waals surface area contributed by atoms with Gasteiger partial charge in [-0.05, 0) is 30.2 Å². The molecule has 0 saturated carbocycles. The first-order valence-corrected chi connectivity index (χ1v) is 7.38. The number of carbonyl (C=O) groups excluding carboxylic acids is 1. The summed E-state index contributed by atoms with van der Waals surface area (Å²) in [4.78, 5) is 37.8. The van der Waals surface area contributed by atoms with Crippen LogP contribution in [0.25, 0.3) is 11.1 Å². The molecule has 3 N–H and O–H groups in total. The molecule has 1 aliphatic heterocycles. The minimum atomic E-state index is -1.29. The fourth-order valence-corrected chi connectivity index (χ4v) is 2.85. The lowest BCUT2D eigenvalue weighted by atomic mass is 9.91. The molecule has 1 saturated heterocycles. The number of hydrogen-bond acceptors (Lipinski definition) is 4. The first kappa shape index (κ1) is 15.2. The minimum Gasteiger partial charge on any atom is -0.477 e. The average Bonchev–Trinajstić information content (AvgIpc) is 3.09. The molecule has 6 nitrogen and oxygen atoms in total. The van der Waals surface area contributed by atoms with Gasteiger partial charge in [-0.25, -0.2) is 4.79 Å². The highest BCUT2D eigenvalue weighted by atomic mass is 16.4. The van der Waals surface area contributed by atoms with Gasteiger partial charge in [-0.3, -0.25) is 9.59 Å². The van der Waals surface area contributed by atoms with Gasteiger partial charge in [0.05, 0.1) is 0 Å². The van der Waals surface area contributed by atoms with Crippen molar-refractivity contribution in [3.05, 3.63) is 58.0 Å². The fourth-order valence-electron chi connectivity index (χ4n) is 2.85. The average molecular weight is 312 g/mol. The first-order valence-electron chi connectivity index (χ1n) is 7.38. The number of rotatable bonds is 4. The van der Waals surface area contributed by atoms with Crippen LogP contribution in [0.15, 0.2) is 41.3 Å². The van der Waals surface area contributed by atoms with Crippen LogP contribution in [-0.2, 0) is 0 Å². The Morgan fingerprint density at radius 1 is 1.17 bits per heavy atom. The lowest BCUT2D eigenvalue weighted by Gasteiger charge is -2.12. The summed E-state index contributed by atoms with van der Waals surface area (Å²) < 4.78 is 0. The van der Waals surface area contributed by atoms with E-state index in [0.717, 1.165) is 13.0 Å². The van der Waals surface area contributed by atoms with Crippen LogP contribution < -0.4 is 10.9 Å². The van der Waals surface area contributed by atoms with Crippen molar-refractivity contribution in [2.45, 2.75) is 6.42 Å². The van der Waals surface area contributed by atoms with Crippen LogP contribution in [0, 0.1) is 5.92 Å². The number of aromatic nitrogens is 1. The van der Waals surface area contributed by atoms with Crippen LogP contribution in [0.1, 0.15) is 27.1 Å². The van der Waals surface area contributed by atoms with Crippen LogP contribution in [0.4, 0.5) is 0 Å². The van der Waals surface area contributed by atoms with Crippen LogP contribution in [0.2, 0.25) is 0 Å². The van der Waals surface area contributed by atoms with Crippen LogP contribution in [0.5, 0.6) is 0 Å². The Kier molecular flexibility index (Phi) is 4.08. The van der Waals surface area contributed by atoms with E-state index >= 15 is 0 Å². The monoisotopic (exact) mass is 312 g/mol. The molecule has 0 aliphatic carbocycles. The predicted molar refractivity (Wildman–Crippen MR) is 84.8 cm³/mol. The fraction of sp³-hybridized carbons (Fsp3) is 0.235. The largest absolute Gasteiger partial charge is 0.477 e. The Bertz CT molecular complexity index is 819. The number of ketones is 1. The number of carboxylic acids is 1. The van der Waals surface area contributed by atoms with Gasteiger partial charge in [0.1, 0.15) is 5.56 Å². The summed E-state index contributed by atoms with van der Waals surface area (Å²) in [7, 11) is 0. The van der Waals surface area contributed by atoms with E-state index < -0.39 is 11.5 Å². The normalized spacial score (nSPS) is 17.1. The highest BCUT2D eigenvalue weighted by molar-refractivity contribution is 6.04. The van der Waals surface area contributed by atoms with Crippen molar-refractivity contribution < 1.29 is 14.7 Å². The van der Waals surface area contributed by atoms with Gasteiger partial charge in [0.25, 0.3) is 5.56 Å². The quantitative estimate of drug-likeness (QED) is 0.744. The smallest absolute Gasteiger partial charge is 0.341 e. The maximum atomic E-state index is 12.7. The molecule has 0 bridgehead atoms. The van der Waals surface area contributed by atoms with Gasteiger partial charge >= 0.3 is 5.97 Å². The van der Waals surface area contributed by atoms with Gasteiger partial charge in [-0.1, -0.05) is 24.3 Å². The molecule has 0 spiro atoms. The van der Waals surface area contributed by atoms with Crippen molar-refractivity contribution in [2.75, 3.05) is 13.1 Å². The molecular formula is C17H16N2O4. The number of carboxylic acid groups (broad SMARTS) is 1. The molecule has 6 heteroatoms. The van der Waals surface area contributed by atoms with Gasteiger partial charge in [-0.15, -0.1) is 0 Å². The summed E-state index contributed by atoms with van der Waals surface area (Å²) in [6.07, 6.45) is 2.23. The number of Topliss-reactive ketones (excluding diaryl/α,β-unsaturated/α-hetero) is 1. The number of pyridine rings is 1. The SMILES string of the molecule is O=C(O)c1cc(-c2ccccc2C(=O)C2CCNC2)c[nH]c1=O. The molecule has 2 aromatic rings. The summed E-state index contributed by atoms with van der Waals surface area (Å²) in [6.45, 7) is 1.47. The second-order valence-electron chi connectivity index (χ2n) is 5.54. The molecule has 3 rings (SSSR count). The third-order valence-corrected chi connectivity index (χ3v) is 4.07. The number of aromatic amines is 1. The highest BCUT2D eigenvalue weighted by Gasteiger charge is 2.25. The molecule has 1 aromatic heterocycles. The molecule has 1 fully saturated rings. The van der Waals surface area contributed by atoms with Gasteiger partial charge in [0.15, 0.2) is 5.78 Å². The maximum Gasteiger partial charge on any atom is 0.341 e. The van der Waals surface area contributed by atoms with Crippen molar-refractivity contribution in [3.8, 4) is 11.1 Å². The number of benzene rings is 1. The van der Waals surface area contributed by atoms with Gasteiger partial charge in [-0.2, -0.15) is 0 Å². The van der Waals surface area contributed by atoms with Crippen LogP contribution in [-0.4, -0.2) is 34.9 Å². The lowest BCUT2D eigenvalue weighted by molar-refractivity contribution is 0.0694. The Morgan fingerprint density at radius 3 is 2.65 bits per heavy atom. The second-order valence-corrected chi connectivity index (χ2v) is 5.54. The van der Waals surface area contributed by atoms with Gasteiger partial charge in [0.2, 0.25) is 0 Å². The van der Waals surface area contributed by atoms with Gasteiger partial charge < -0.3 is 15.4 Å². The molecule has 1 atom stereocenters. The third kappa shape index (κ3) is 2.93. The lowest BCUT2D eigenvalue weighted by Crippen LogP contribution is -2.19. The predicted octanol–water partition coefficient (Wildman–Crippen LogP) is 1.53.